The van der Waals surface area contributed by atoms with Crippen molar-refractivity contribution < 1.29 is 18.0 Å². The minimum atomic E-state index is -4.37. The molecule has 29 heavy (non-hydrogen) atoms. The van der Waals surface area contributed by atoms with E-state index in [2.05, 4.69) is 15.4 Å². The van der Waals surface area contributed by atoms with Crippen LogP contribution in [0.1, 0.15) is 66.4 Å². The Morgan fingerprint density at radius 1 is 1.38 bits per heavy atom. The van der Waals surface area contributed by atoms with Crippen LogP contribution in [0, 0.1) is 6.92 Å². The van der Waals surface area contributed by atoms with Crippen LogP contribution in [-0.4, -0.2) is 44.3 Å². The van der Waals surface area contributed by atoms with E-state index in [-0.39, 0.29) is 24.4 Å². The number of anilines is 1. The minimum absolute atomic E-state index is 0.0453. The molecule has 0 saturated carbocycles. The van der Waals surface area contributed by atoms with Gasteiger partial charge in [0.25, 0.3) is 5.91 Å². The van der Waals surface area contributed by atoms with Crippen molar-refractivity contribution in [3.05, 3.63) is 41.3 Å². The molecule has 0 aliphatic carbocycles. The number of carbonyl (C=O) groups excluding carboxylic acids is 1. The predicted molar refractivity (Wildman–Crippen MR) is 102 cm³/mol. The van der Waals surface area contributed by atoms with Gasteiger partial charge in [0, 0.05) is 30.5 Å². The van der Waals surface area contributed by atoms with E-state index in [1.165, 1.54) is 0 Å². The first kappa shape index (κ1) is 19.7. The monoisotopic (exact) mass is 407 g/mol. The number of aryl methyl sites for hydroxylation is 1. The minimum Gasteiger partial charge on any atom is -0.367 e. The van der Waals surface area contributed by atoms with Crippen molar-refractivity contribution in [1.29, 1.82) is 0 Å². The van der Waals surface area contributed by atoms with E-state index in [1.807, 2.05) is 6.92 Å². The highest BCUT2D eigenvalue weighted by molar-refractivity contribution is 5.95. The molecule has 156 valence electrons. The maximum absolute atomic E-state index is 13.6. The lowest BCUT2D eigenvalue weighted by Gasteiger charge is -2.32. The van der Waals surface area contributed by atoms with Gasteiger partial charge in [-0.05, 0) is 44.7 Å². The summed E-state index contributed by atoms with van der Waals surface area (Å²) in [6.45, 7) is 4.19. The van der Waals surface area contributed by atoms with Crippen molar-refractivity contribution in [2.24, 2.45) is 0 Å². The standard InChI is InChI=1S/C20H24F3N5O/c1-3-13-10-17(20(21,22)23)28-18(25-13)11-15(26-28)16-7-5-9-27(16)19(29)14-6-4-8-24-12(14)2/h4,6,8,11,13,16-17,25H,3,5,7,9-10H2,1-2H3/t13-,16?,17-/m1/s1. The van der Waals surface area contributed by atoms with Crippen LogP contribution >= 0.6 is 0 Å². The van der Waals surface area contributed by atoms with E-state index in [9.17, 15) is 18.0 Å². The summed E-state index contributed by atoms with van der Waals surface area (Å²) in [6.07, 6.45) is -0.728. The molecule has 2 aliphatic rings. The van der Waals surface area contributed by atoms with Crippen LogP contribution in [0.4, 0.5) is 19.0 Å². The molecule has 0 bridgehead atoms. The van der Waals surface area contributed by atoms with Crippen molar-refractivity contribution in [2.75, 3.05) is 11.9 Å². The molecule has 2 aromatic rings. The molecule has 0 radical (unpaired) electrons. The second-order valence-corrected chi connectivity index (χ2v) is 7.73. The number of halogens is 3. The first-order chi connectivity index (χ1) is 13.8. The topological polar surface area (TPSA) is 63.1 Å². The molecule has 0 aromatic carbocycles. The summed E-state index contributed by atoms with van der Waals surface area (Å²) in [7, 11) is 0. The van der Waals surface area contributed by atoms with Gasteiger partial charge in [0.05, 0.1) is 17.3 Å². The Morgan fingerprint density at radius 2 is 2.17 bits per heavy atom. The molecule has 1 unspecified atom stereocenters. The van der Waals surface area contributed by atoms with Crippen molar-refractivity contribution >= 4 is 11.7 Å². The first-order valence-electron chi connectivity index (χ1n) is 9.95. The number of likely N-dealkylation sites (tertiary alicyclic amines) is 1. The number of amides is 1. The van der Waals surface area contributed by atoms with Crippen LogP contribution in [0.3, 0.4) is 0 Å². The van der Waals surface area contributed by atoms with Gasteiger partial charge in [-0.25, -0.2) is 4.68 Å². The lowest BCUT2D eigenvalue weighted by atomic mass is 10.0. The van der Waals surface area contributed by atoms with Crippen LogP contribution in [0.15, 0.2) is 24.4 Å². The zero-order valence-corrected chi connectivity index (χ0v) is 16.4. The summed E-state index contributed by atoms with van der Waals surface area (Å²) in [5.41, 5.74) is 1.66. The van der Waals surface area contributed by atoms with Gasteiger partial charge >= 0.3 is 6.18 Å². The van der Waals surface area contributed by atoms with E-state index in [0.29, 0.717) is 42.2 Å². The lowest BCUT2D eigenvalue weighted by Crippen LogP contribution is -2.39. The second-order valence-electron chi connectivity index (χ2n) is 7.73. The zero-order chi connectivity index (χ0) is 20.8. The lowest BCUT2D eigenvalue weighted by molar-refractivity contribution is -0.173. The smallest absolute Gasteiger partial charge is 0.367 e. The van der Waals surface area contributed by atoms with Gasteiger partial charge in [0.2, 0.25) is 0 Å². The number of aromatic nitrogens is 3. The van der Waals surface area contributed by atoms with E-state index >= 15 is 0 Å². The molecular weight excluding hydrogens is 383 g/mol. The third-order valence-electron chi connectivity index (χ3n) is 5.87. The van der Waals surface area contributed by atoms with Crippen molar-refractivity contribution in [3.63, 3.8) is 0 Å². The van der Waals surface area contributed by atoms with Gasteiger partial charge in [-0.3, -0.25) is 9.78 Å². The number of fused-ring (bicyclic) bond motifs is 1. The summed E-state index contributed by atoms with van der Waals surface area (Å²) in [5.74, 6) is 0.216. The maximum Gasteiger partial charge on any atom is 0.410 e. The SMILES string of the molecule is CC[C@@H]1C[C@H](C(F)(F)F)n2nc(C3CCCN3C(=O)c3cccnc3C)cc2N1. The average molecular weight is 407 g/mol. The number of nitrogens with zero attached hydrogens (tertiary/aromatic N) is 4. The number of rotatable bonds is 3. The fourth-order valence-electron chi connectivity index (χ4n) is 4.28. The number of alkyl halides is 3. The van der Waals surface area contributed by atoms with Crippen LogP contribution in [0.25, 0.3) is 0 Å². The van der Waals surface area contributed by atoms with Gasteiger partial charge in [-0.1, -0.05) is 6.92 Å². The number of carbonyl (C=O) groups is 1. The Kier molecular flexibility index (Phi) is 5.00. The maximum atomic E-state index is 13.6. The molecule has 9 heteroatoms. The Labute approximate surface area is 167 Å². The van der Waals surface area contributed by atoms with Gasteiger partial charge in [-0.15, -0.1) is 0 Å². The Hall–Kier alpha value is -2.58. The molecule has 4 rings (SSSR count). The highest BCUT2D eigenvalue weighted by atomic mass is 19.4. The molecule has 6 nitrogen and oxygen atoms in total. The molecule has 4 heterocycles. The van der Waals surface area contributed by atoms with E-state index in [4.69, 9.17) is 0 Å². The Balaban J connectivity index is 1.66. The number of hydrogen-bond donors (Lipinski definition) is 1. The molecule has 2 aliphatic heterocycles. The van der Waals surface area contributed by atoms with Gasteiger partial charge in [0.15, 0.2) is 6.04 Å². The number of pyridine rings is 1. The third-order valence-corrected chi connectivity index (χ3v) is 5.87. The Bertz CT molecular complexity index is 910. The molecule has 3 atom stereocenters. The fraction of sp³-hybridized carbons (Fsp3) is 0.550. The molecule has 0 spiro atoms. The first-order valence-corrected chi connectivity index (χ1v) is 9.95. The quantitative estimate of drug-likeness (QED) is 0.826. The van der Waals surface area contributed by atoms with Crippen LogP contribution in [0.5, 0.6) is 0 Å². The molecule has 1 amide bonds. The van der Waals surface area contributed by atoms with Crippen LogP contribution in [0.2, 0.25) is 0 Å². The van der Waals surface area contributed by atoms with Crippen LogP contribution < -0.4 is 5.32 Å². The molecular formula is C20H24F3N5O. The summed E-state index contributed by atoms with van der Waals surface area (Å²) in [5, 5.41) is 7.49. The molecule has 1 saturated heterocycles. The summed E-state index contributed by atoms with van der Waals surface area (Å²) in [4.78, 5) is 19.0. The summed E-state index contributed by atoms with van der Waals surface area (Å²) < 4.78 is 41.9. The second kappa shape index (κ2) is 7.35. The number of hydrogen-bond acceptors (Lipinski definition) is 4. The normalized spacial score (nSPS) is 24.3. The fourth-order valence-corrected chi connectivity index (χ4v) is 4.28. The predicted octanol–water partition coefficient (Wildman–Crippen LogP) is 4.26. The highest BCUT2D eigenvalue weighted by Gasteiger charge is 2.46. The largest absolute Gasteiger partial charge is 0.410 e. The average Bonchev–Trinajstić information content (AvgIpc) is 3.32. The van der Waals surface area contributed by atoms with E-state index < -0.39 is 12.2 Å². The van der Waals surface area contributed by atoms with Crippen molar-refractivity contribution in [2.45, 2.75) is 63.8 Å². The molecule has 1 N–H and O–H groups in total. The van der Waals surface area contributed by atoms with Crippen LogP contribution in [-0.2, 0) is 0 Å². The van der Waals surface area contributed by atoms with Gasteiger partial charge < -0.3 is 10.2 Å². The molecule has 1 fully saturated rings. The van der Waals surface area contributed by atoms with Gasteiger partial charge in [-0.2, -0.15) is 18.3 Å². The summed E-state index contributed by atoms with van der Waals surface area (Å²) in [6, 6.07) is 2.87. The van der Waals surface area contributed by atoms with Crippen molar-refractivity contribution in [1.82, 2.24) is 19.7 Å². The summed E-state index contributed by atoms with van der Waals surface area (Å²) >= 11 is 0. The van der Waals surface area contributed by atoms with E-state index in [0.717, 1.165) is 11.1 Å². The van der Waals surface area contributed by atoms with Gasteiger partial charge in [0.1, 0.15) is 5.82 Å². The third kappa shape index (κ3) is 3.58. The van der Waals surface area contributed by atoms with Crippen molar-refractivity contribution in [3.8, 4) is 0 Å². The highest BCUT2D eigenvalue weighted by Crippen LogP contribution is 2.42. The zero-order valence-electron chi connectivity index (χ0n) is 16.4. The number of nitrogens with one attached hydrogen (secondary N) is 1. The Morgan fingerprint density at radius 3 is 2.86 bits per heavy atom. The van der Waals surface area contributed by atoms with E-state index in [1.54, 1.807) is 36.2 Å². The molecule has 2 aromatic heterocycles.